The number of nitrogens with zero attached hydrogens (tertiary/aromatic N) is 1. The molecule has 0 aliphatic rings. The Bertz CT molecular complexity index is 910. The average molecular weight is 407 g/mol. The Morgan fingerprint density at radius 1 is 1.15 bits per heavy atom. The van der Waals surface area contributed by atoms with E-state index in [2.05, 4.69) is 10.3 Å². The Morgan fingerprint density at radius 3 is 2.58 bits per heavy atom. The van der Waals surface area contributed by atoms with Gasteiger partial charge in [0.1, 0.15) is 0 Å². The number of ether oxygens (including phenoxy) is 1. The highest BCUT2D eigenvalue weighted by Crippen LogP contribution is 2.33. The van der Waals surface area contributed by atoms with Gasteiger partial charge in [-0.05, 0) is 23.8 Å². The predicted molar refractivity (Wildman–Crippen MR) is 107 cm³/mol. The summed E-state index contributed by atoms with van der Waals surface area (Å²) < 4.78 is 4.80. The summed E-state index contributed by atoms with van der Waals surface area (Å²) in [6.07, 6.45) is 0.167. The van der Waals surface area contributed by atoms with Gasteiger partial charge in [0.05, 0.1) is 19.2 Å². The fourth-order valence-corrected chi connectivity index (χ4v) is 3.69. The van der Waals surface area contributed by atoms with Crippen LogP contribution in [0.15, 0.2) is 48.5 Å². The van der Waals surface area contributed by atoms with E-state index in [1.54, 1.807) is 12.1 Å². The number of thiazole rings is 1. The zero-order chi connectivity index (χ0) is 18.5. The lowest BCUT2D eigenvalue weighted by Crippen LogP contribution is -2.03. The first-order chi connectivity index (χ1) is 12.6. The quantitative estimate of drug-likeness (QED) is 0.553. The maximum atomic E-state index is 11.7. The number of carbonyl (C=O) groups is 1. The Labute approximate surface area is 165 Å². The highest BCUT2D eigenvalue weighted by molar-refractivity contribution is 7.16. The zero-order valence-electron chi connectivity index (χ0n) is 14.0. The second-order valence-corrected chi connectivity index (χ2v) is 7.42. The van der Waals surface area contributed by atoms with Gasteiger partial charge in [0, 0.05) is 27.0 Å². The van der Waals surface area contributed by atoms with Crippen molar-refractivity contribution in [1.82, 2.24) is 4.98 Å². The van der Waals surface area contributed by atoms with Gasteiger partial charge in [-0.2, -0.15) is 0 Å². The molecule has 0 atom stereocenters. The fraction of sp³-hybridized carbons (Fsp3) is 0.158. The van der Waals surface area contributed by atoms with Gasteiger partial charge in [0.15, 0.2) is 5.13 Å². The first-order valence-electron chi connectivity index (χ1n) is 7.86. The van der Waals surface area contributed by atoms with Crippen LogP contribution in [0.25, 0.3) is 11.3 Å². The van der Waals surface area contributed by atoms with Gasteiger partial charge in [0.2, 0.25) is 0 Å². The van der Waals surface area contributed by atoms with Gasteiger partial charge in [-0.1, -0.05) is 53.5 Å². The molecule has 2 aromatic carbocycles. The first kappa shape index (κ1) is 18.7. The minimum atomic E-state index is -0.304. The third-order valence-corrected chi connectivity index (χ3v) is 5.37. The van der Waals surface area contributed by atoms with Crippen molar-refractivity contribution in [3.05, 3.63) is 69.0 Å². The van der Waals surface area contributed by atoms with Crippen molar-refractivity contribution in [3.63, 3.8) is 0 Å². The van der Waals surface area contributed by atoms with E-state index in [9.17, 15) is 4.79 Å². The molecule has 4 nitrogen and oxygen atoms in total. The van der Waals surface area contributed by atoms with Gasteiger partial charge in [-0.25, -0.2) is 4.98 Å². The lowest BCUT2D eigenvalue weighted by atomic mass is 10.1. The van der Waals surface area contributed by atoms with Crippen LogP contribution >= 0.6 is 34.5 Å². The number of rotatable bonds is 6. The van der Waals surface area contributed by atoms with E-state index >= 15 is 0 Å². The van der Waals surface area contributed by atoms with Crippen molar-refractivity contribution in [1.29, 1.82) is 0 Å². The molecule has 0 aliphatic heterocycles. The molecule has 0 fully saturated rings. The minimum absolute atomic E-state index is 0.167. The number of aromatic nitrogens is 1. The number of nitrogens with one attached hydrogen (secondary N) is 1. The number of anilines is 1. The standard InChI is InChI=1S/C19H16Cl2N2O2S/c1-25-17(24)10-16-18(12-6-8-14(20)9-7-12)23-19(26-16)22-11-13-4-2-3-5-15(13)21/h2-9H,10-11H2,1H3,(H,22,23). The normalized spacial score (nSPS) is 10.6. The Hall–Kier alpha value is -2.08. The molecular formula is C19H16Cl2N2O2S. The molecule has 0 saturated carbocycles. The van der Waals surface area contributed by atoms with Gasteiger partial charge >= 0.3 is 5.97 Å². The maximum Gasteiger partial charge on any atom is 0.310 e. The second kappa shape index (κ2) is 8.54. The summed E-state index contributed by atoms with van der Waals surface area (Å²) in [5.74, 6) is -0.304. The van der Waals surface area contributed by atoms with E-state index in [-0.39, 0.29) is 12.4 Å². The van der Waals surface area contributed by atoms with Crippen LogP contribution in [0.4, 0.5) is 5.13 Å². The Morgan fingerprint density at radius 2 is 1.88 bits per heavy atom. The van der Waals surface area contributed by atoms with Crippen LogP contribution in [-0.4, -0.2) is 18.1 Å². The summed E-state index contributed by atoms with van der Waals surface area (Å²) >= 11 is 13.6. The molecule has 0 radical (unpaired) electrons. The molecule has 1 N–H and O–H groups in total. The van der Waals surface area contributed by atoms with Crippen LogP contribution in [0, 0.1) is 0 Å². The van der Waals surface area contributed by atoms with E-state index in [0.717, 1.165) is 21.7 Å². The van der Waals surface area contributed by atoms with Crippen molar-refractivity contribution in [3.8, 4) is 11.3 Å². The topological polar surface area (TPSA) is 51.2 Å². The number of hydrogen-bond acceptors (Lipinski definition) is 5. The largest absolute Gasteiger partial charge is 0.469 e. The van der Waals surface area contributed by atoms with E-state index in [4.69, 9.17) is 27.9 Å². The van der Waals surface area contributed by atoms with Gasteiger partial charge < -0.3 is 10.1 Å². The van der Waals surface area contributed by atoms with Crippen molar-refractivity contribution in [2.75, 3.05) is 12.4 Å². The molecule has 134 valence electrons. The van der Waals surface area contributed by atoms with E-state index in [1.165, 1.54) is 18.4 Å². The smallest absolute Gasteiger partial charge is 0.310 e. The lowest BCUT2D eigenvalue weighted by Gasteiger charge is -2.04. The molecule has 7 heteroatoms. The molecule has 0 unspecified atom stereocenters. The van der Waals surface area contributed by atoms with Crippen LogP contribution in [0.5, 0.6) is 0 Å². The van der Waals surface area contributed by atoms with E-state index < -0.39 is 0 Å². The van der Waals surface area contributed by atoms with E-state index in [0.29, 0.717) is 21.7 Å². The molecule has 0 amide bonds. The number of hydrogen-bond donors (Lipinski definition) is 1. The number of carbonyl (C=O) groups excluding carboxylic acids is 1. The molecule has 3 aromatic rings. The number of esters is 1. The van der Waals surface area contributed by atoms with Gasteiger partial charge in [-0.15, -0.1) is 11.3 Å². The third-order valence-electron chi connectivity index (χ3n) is 3.74. The molecule has 0 aliphatic carbocycles. The van der Waals surface area contributed by atoms with Crippen LogP contribution in [0.2, 0.25) is 10.0 Å². The van der Waals surface area contributed by atoms with Gasteiger partial charge in [-0.3, -0.25) is 4.79 Å². The monoisotopic (exact) mass is 406 g/mol. The zero-order valence-corrected chi connectivity index (χ0v) is 16.3. The third kappa shape index (κ3) is 4.55. The van der Waals surface area contributed by atoms with Gasteiger partial charge in [0.25, 0.3) is 0 Å². The average Bonchev–Trinajstić information content (AvgIpc) is 3.04. The van der Waals surface area contributed by atoms with E-state index in [1.807, 2.05) is 36.4 Å². The summed E-state index contributed by atoms with van der Waals surface area (Å²) in [7, 11) is 1.38. The molecule has 0 bridgehead atoms. The summed E-state index contributed by atoms with van der Waals surface area (Å²) in [5.41, 5.74) is 2.63. The number of halogens is 2. The Balaban J connectivity index is 1.86. The highest BCUT2D eigenvalue weighted by Gasteiger charge is 2.16. The number of benzene rings is 2. The van der Waals surface area contributed by atoms with Crippen molar-refractivity contribution in [2.45, 2.75) is 13.0 Å². The van der Waals surface area contributed by atoms with Crippen molar-refractivity contribution >= 4 is 45.6 Å². The van der Waals surface area contributed by atoms with Crippen molar-refractivity contribution < 1.29 is 9.53 Å². The molecule has 0 saturated heterocycles. The molecule has 1 aromatic heterocycles. The van der Waals surface area contributed by atoms with Crippen molar-refractivity contribution in [2.24, 2.45) is 0 Å². The Kier molecular flexibility index (Phi) is 6.14. The summed E-state index contributed by atoms with van der Waals surface area (Å²) in [6, 6.07) is 15.0. The molecular weight excluding hydrogens is 391 g/mol. The predicted octanol–water partition coefficient (Wildman–Crippen LogP) is 5.44. The highest BCUT2D eigenvalue weighted by atomic mass is 35.5. The maximum absolute atomic E-state index is 11.7. The molecule has 1 heterocycles. The lowest BCUT2D eigenvalue weighted by molar-refractivity contribution is -0.139. The van der Waals surface area contributed by atoms with Crippen LogP contribution in [0.3, 0.4) is 0 Å². The van der Waals surface area contributed by atoms with Crippen LogP contribution in [0.1, 0.15) is 10.4 Å². The van der Waals surface area contributed by atoms with Crippen LogP contribution < -0.4 is 5.32 Å². The van der Waals surface area contributed by atoms with Crippen LogP contribution in [-0.2, 0) is 22.5 Å². The summed E-state index contributed by atoms with van der Waals surface area (Å²) in [6.45, 7) is 0.547. The minimum Gasteiger partial charge on any atom is -0.469 e. The summed E-state index contributed by atoms with van der Waals surface area (Å²) in [5, 5.41) is 5.34. The number of methoxy groups -OCH3 is 1. The second-order valence-electron chi connectivity index (χ2n) is 5.50. The molecule has 3 rings (SSSR count). The molecule has 26 heavy (non-hydrogen) atoms. The first-order valence-corrected chi connectivity index (χ1v) is 9.44. The summed E-state index contributed by atoms with van der Waals surface area (Å²) in [4.78, 5) is 17.2. The molecule has 0 spiro atoms. The fourth-order valence-electron chi connectivity index (χ4n) is 2.40. The SMILES string of the molecule is COC(=O)Cc1sc(NCc2ccccc2Cl)nc1-c1ccc(Cl)cc1.